The van der Waals surface area contributed by atoms with E-state index < -0.39 is 0 Å². The molecule has 2 rings (SSSR count). The van der Waals surface area contributed by atoms with E-state index in [1.54, 1.807) is 0 Å². The summed E-state index contributed by atoms with van der Waals surface area (Å²) in [5.41, 5.74) is 0. The predicted octanol–water partition coefficient (Wildman–Crippen LogP) is 6.61. The summed E-state index contributed by atoms with van der Waals surface area (Å²) in [6, 6.07) is 0. The van der Waals surface area contributed by atoms with Gasteiger partial charge in [-0.25, -0.2) is 0 Å². The second-order valence-electron chi connectivity index (χ2n) is 8.15. The van der Waals surface area contributed by atoms with Gasteiger partial charge in [-0.2, -0.15) is 0 Å². The lowest BCUT2D eigenvalue weighted by Crippen LogP contribution is -2.20. The third-order valence-electron chi connectivity index (χ3n) is 6.44. The summed E-state index contributed by atoms with van der Waals surface area (Å²) in [5.74, 6) is 4.05. The molecule has 0 N–H and O–H groups in total. The monoisotopic (exact) mass is 308 g/mol. The van der Waals surface area contributed by atoms with Crippen LogP contribution in [0.1, 0.15) is 97.3 Å². The molecule has 0 heterocycles. The van der Waals surface area contributed by atoms with Crippen LogP contribution in [-0.2, 0) is 4.74 Å². The van der Waals surface area contributed by atoms with Crippen LogP contribution < -0.4 is 0 Å². The molecule has 0 amide bonds. The SMILES string of the molecule is CCCC[C@H]1CC[C@H](CC[C@H]2CC[C@H](COCC)CC2)CC1. The van der Waals surface area contributed by atoms with Crippen molar-refractivity contribution in [2.75, 3.05) is 13.2 Å². The van der Waals surface area contributed by atoms with Gasteiger partial charge in [-0.15, -0.1) is 0 Å². The molecule has 0 aromatic carbocycles. The van der Waals surface area contributed by atoms with Crippen LogP contribution in [0.4, 0.5) is 0 Å². The molecule has 0 radical (unpaired) electrons. The van der Waals surface area contributed by atoms with Gasteiger partial charge in [-0.3, -0.25) is 0 Å². The van der Waals surface area contributed by atoms with Crippen LogP contribution in [0.25, 0.3) is 0 Å². The van der Waals surface area contributed by atoms with Crippen LogP contribution in [-0.4, -0.2) is 13.2 Å². The highest BCUT2D eigenvalue weighted by atomic mass is 16.5. The molecular weight excluding hydrogens is 268 g/mol. The van der Waals surface area contributed by atoms with Gasteiger partial charge in [-0.1, -0.05) is 77.6 Å². The first-order valence-electron chi connectivity index (χ1n) is 10.4. The molecule has 2 fully saturated rings. The molecule has 2 aliphatic rings. The summed E-state index contributed by atoms with van der Waals surface area (Å²) in [5, 5.41) is 0. The van der Waals surface area contributed by atoms with E-state index in [0.29, 0.717) is 0 Å². The Kier molecular flexibility index (Phi) is 8.89. The van der Waals surface area contributed by atoms with Crippen LogP contribution >= 0.6 is 0 Å². The van der Waals surface area contributed by atoms with Gasteiger partial charge in [-0.05, 0) is 43.4 Å². The van der Waals surface area contributed by atoms with E-state index in [-0.39, 0.29) is 0 Å². The van der Waals surface area contributed by atoms with Crippen molar-refractivity contribution in [3.05, 3.63) is 0 Å². The minimum absolute atomic E-state index is 0.866. The third kappa shape index (κ3) is 6.60. The number of rotatable bonds is 9. The first-order valence-corrected chi connectivity index (χ1v) is 10.4. The van der Waals surface area contributed by atoms with Gasteiger partial charge in [0.05, 0.1) is 0 Å². The maximum Gasteiger partial charge on any atom is 0.0494 e. The molecule has 1 nitrogen and oxygen atoms in total. The Bertz CT molecular complexity index is 231. The Hall–Kier alpha value is -0.0400. The van der Waals surface area contributed by atoms with Crippen LogP contribution in [0.3, 0.4) is 0 Å². The Morgan fingerprint density at radius 2 is 1.09 bits per heavy atom. The molecule has 0 atom stereocenters. The standard InChI is InChI=1S/C21H40O/c1-3-5-6-18-7-9-19(10-8-18)11-12-20-13-15-21(16-14-20)17-22-4-2/h18-21H,3-17H2,1-2H3/t18-,19-,20-,21-. The van der Waals surface area contributed by atoms with Crippen molar-refractivity contribution in [1.29, 1.82) is 0 Å². The van der Waals surface area contributed by atoms with Crippen LogP contribution in [0, 0.1) is 23.7 Å². The highest BCUT2D eigenvalue weighted by Gasteiger charge is 2.24. The van der Waals surface area contributed by atoms with Gasteiger partial charge >= 0.3 is 0 Å². The zero-order chi connectivity index (χ0) is 15.6. The zero-order valence-electron chi connectivity index (χ0n) is 15.3. The van der Waals surface area contributed by atoms with Crippen molar-refractivity contribution < 1.29 is 4.74 Å². The topological polar surface area (TPSA) is 9.23 Å². The summed E-state index contributed by atoms with van der Waals surface area (Å²) < 4.78 is 5.60. The number of hydrogen-bond acceptors (Lipinski definition) is 1. The lowest BCUT2D eigenvalue weighted by atomic mass is 9.75. The molecule has 0 aliphatic heterocycles. The quantitative estimate of drug-likeness (QED) is 0.466. The minimum atomic E-state index is 0.866. The van der Waals surface area contributed by atoms with Crippen molar-refractivity contribution in [1.82, 2.24) is 0 Å². The molecule has 0 saturated heterocycles. The number of ether oxygens (including phenoxy) is 1. The Labute approximate surface area is 139 Å². The van der Waals surface area contributed by atoms with Crippen molar-refractivity contribution in [2.24, 2.45) is 23.7 Å². The Morgan fingerprint density at radius 3 is 1.55 bits per heavy atom. The fraction of sp³-hybridized carbons (Fsp3) is 1.00. The molecule has 130 valence electrons. The summed E-state index contributed by atoms with van der Waals surface area (Å²) in [6.07, 6.45) is 19.3. The maximum atomic E-state index is 5.60. The van der Waals surface area contributed by atoms with E-state index in [1.807, 2.05) is 0 Å². The molecule has 0 unspecified atom stereocenters. The fourth-order valence-corrected chi connectivity index (χ4v) is 4.74. The van der Waals surface area contributed by atoms with E-state index in [1.165, 1.54) is 83.5 Å². The van der Waals surface area contributed by atoms with Crippen molar-refractivity contribution in [3.63, 3.8) is 0 Å². The van der Waals surface area contributed by atoms with E-state index in [9.17, 15) is 0 Å². The normalized spacial score (nSPS) is 33.0. The van der Waals surface area contributed by atoms with Crippen molar-refractivity contribution in [3.8, 4) is 0 Å². The summed E-state index contributed by atoms with van der Waals surface area (Å²) in [7, 11) is 0. The molecule has 2 saturated carbocycles. The van der Waals surface area contributed by atoms with Crippen molar-refractivity contribution in [2.45, 2.75) is 97.3 Å². The molecule has 2 aliphatic carbocycles. The van der Waals surface area contributed by atoms with Crippen molar-refractivity contribution >= 4 is 0 Å². The number of hydrogen-bond donors (Lipinski definition) is 0. The zero-order valence-corrected chi connectivity index (χ0v) is 15.3. The van der Waals surface area contributed by atoms with Gasteiger partial charge in [0.1, 0.15) is 0 Å². The average Bonchev–Trinajstić information content (AvgIpc) is 2.58. The molecule has 0 aromatic rings. The largest absolute Gasteiger partial charge is 0.381 e. The van der Waals surface area contributed by atoms with E-state index in [0.717, 1.165) is 36.9 Å². The Balaban J connectivity index is 1.52. The summed E-state index contributed by atoms with van der Waals surface area (Å²) in [4.78, 5) is 0. The van der Waals surface area contributed by atoms with Gasteiger partial charge < -0.3 is 4.74 Å². The average molecular weight is 309 g/mol. The van der Waals surface area contributed by atoms with Gasteiger partial charge in [0.15, 0.2) is 0 Å². The highest BCUT2D eigenvalue weighted by molar-refractivity contribution is 4.76. The molecule has 22 heavy (non-hydrogen) atoms. The number of unbranched alkanes of at least 4 members (excludes halogenated alkanes) is 1. The van der Waals surface area contributed by atoms with E-state index >= 15 is 0 Å². The van der Waals surface area contributed by atoms with Crippen LogP contribution in [0.15, 0.2) is 0 Å². The Morgan fingerprint density at radius 1 is 0.636 bits per heavy atom. The molecular formula is C21H40O. The lowest BCUT2D eigenvalue weighted by molar-refractivity contribution is 0.0842. The van der Waals surface area contributed by atoms with E-state index in [2.05, 4.69) is 13.8 Å². The van der Waals surface area contributed by atoms with E-state index in [4.69, 9.17) is 4.74 Å². The van der Waals surface area contributed by atoms with Crippen LogP contribution in [0.2, 0.25) is 0 Å². The third-order valence-corrected chi connectivity index (χ3v) is 6.44. The fourth-order valence-electron chi connectivity index (χ4n) is 4.74. The first-order chi connectivity index (χ1) is 10.8. The van der Waals surface area contributed by atoms with Gasteiger partial charge in [0.25, 0.3) is 0 Å². The molecule has 1 heteroatoms. The minimum Gasteiger partial charge on any atom is -0.381 e. The highest BCUT2D eigenvalue weighted by Crippen LogP contribution is 2.37. The second kappa shape index (κ2) is 10.7. The molecule has 0 aromatic heterocycles. The first kappa shape index (κ1) is 18.3. The summed E-state index contributed by atoms with van der Waals surface area (Å²) in [6.45, 7) is 6.35. The van der Waals surface area contributed by atoms with Gasteiger partial charge in [0, 0.05) is 13.2 Å². The molecule has 0 spiro atoms. The maximum absolute atomic E-state index is 5.60. The summed E-state index contributed by atoms with van der Waals surface area (Å²) >= 11 is 0. The van der Waals surface area contributed by atoms with Crippen LogP contribution in [0.5, 0.6) is 0 Å². The predicted molar refractivity (Wildman–Crippen MR) is 96.1 cm³/mol. The lowest BCUT2D eigenvalue weighted by Gasteiger charge is -2.32. The smallest absolute Gasteiger partial charge is 0.0494 e. The molecule has 0 bridgehead atoms. The second-order valence-corrected chi connectivity index (χ2v) is 8.15. The van der Waals surface area contributed by atoms with Gasteiger partial charge in [0.2, 0.25) is 0 Å².